The van der Waals surface area contributed by atoms with E-state index in [9.17, 15) is 9.59 Å². The van der Waals surface area contributed by atoms with Gasteiger partial charge >= 0.3 is 5.97 Å². The third-order valence-corrected chi connectivity index (χ3v) is 5.26. The lowest BCUT2D eigenvalue weighted by atomic mass is 9.87. The first-order valence-electron chi connectivity index (χ1n) is 8.32. The van der Waals surface area contributed by atoms with Crippen molar-refractivity contribution in [2.24, 2.45) is 5.92 Å². The molecule has 2 aliphatic heterocycles. The summed E-state index contributed by atoms with van der Waals surface area (Å²) in [6, 6.07) is 0.242. The average Bonchev–Trinajstić information content (AvgIpc) is 2.98. The van der Waals surface area contributed by atoms with Crippen LogP contribution in [0.2, 0.25) is 0 Å². The highest BCUT2D eigenvalue weighted by Crippen LogP contribution is 2.37. The molecule has 1 amide bonds. The SMILES string of the molecule is COC(=O)[C@@H]1C[C@@H]2[C@H](CC[C@H](C)N2C(=O)[C@H]2CC=CCC2)O1. The lowest BCUT2D eigenvalue weighted by Gasteiger charge is -2.43. The van der Waals surface area contributed by atoms with Crippen molar-refractivity contribution in [1.29, 1.82) is 0 Å². The second-order valence-electron chi connectivity index (χ2n) is 6.64. The van der Waals surface area contributed by atoms with Crippen LogP contribution in [0, 0.1) is 5.92 Å². The summed E-state index contributed by atoms with van der Waals surface area (Å²) in [4.78, 5) is 26.7. The number of rotatable bonds is 2. The Labute approximate surface area is 131 Å². The van der Waals surface area contributed by atoms with E-state index in [0.29, 0.717) is 6.42 Å². The highest BCUT2D eigenvalue weighted by Gasteiger charge is 2.48. The summed E-state index contributed by atoms with van der Waals surface area (Å²) < 4.78 is 10.7. The number of likely N-dealkylation sites (tertiary alicyclic amines) is 1. The largest absolute Gasteiger partial charge is 0.467 e. The molecule has 2 fully saturated rings. The maximum atomic E-state index is 13.0. The molecule has 0 N–H and O–H groups in total. The molecule has 3 rings (SSSR count). The van der Waals surface area contributed by atoms with Gasteiger partial charge in [0.2, 0.25) is 5.91 Å². The second-order valence-corrected chi connectivity index (χ2v) is 6.64. The molecule has 0 aromatic carbocycles. The molecule has 0 saturated carbocycles. The zero-order valence-corrected chi connectivity index (χ0v) is 13.4. The zero-order valence-electron chi connectivity index (χ0n) is 13.4. The summed E-state index contributed by atoms with van der Waals surface area (Å²) in [6.45, 7) is 2.11. The molecule has 0 radical (unpaired) electrons. The van der Waals surface area contributed by atoms with Crippen molar-refractivity contribution in [1.82, 2.24) is 4.90 Å². The predicted octanol–water partition coefficient (Wildman–Crippen LogP) is 2.05. The lowest BCUT2D eigenvalue weighted by Crippen LogP contribution is -2.55. The molecular formula is C17H25NO4. The monoisotopic (exact) mass is 307 g/mol. The molecule has 5 nitrogen and oxygen atoms in total. The van der Waals surface area contributed by atoms with Gasteiger partial charge in [0.1, 0.15) is 0 Å². The molecule has 0 spiro atoms. The van der Waals surface area contributed by atoms with Gasteiger partial charge in [-0.25, -0.2) is 4.79 Å². The van der Waals surface area contributed by atoms with Crippen LogP contribution in [0.5, 0.6) is 0 Å². The topological polar surface area (TPSA) is 55.8 Å². The van der Waals surface area contributed by atoms with Gasteiger partial charge < -0.3 is 14.4 Å². The van der Waals surface area contributed by atoms with Crippen molar-refractivity contribution in [3.05, 3.63) is 12.2 Å². The zero-order chi connectivity index (χ0) is 15.7. The van der Waals surface area contributed by atoms with Crippen molar-refractivity contribution in [3.8, 4) is 0 Å². The number of carbonyl (C=O) groups excluding carboxylic acids is 2. The van der Waals surface area contributed by atoms with E-state index in [2.05, 4.69) is 19.1 Å². The molecule has 22 heavy (non-hydrogen) atoms. The van der Waals surface area contributed by atoms with Crippen molar-refractivity contribution in [3.63, 3.8) is 0 Å². The van der Waals surface area contributed by atoms with E-state index in [0.717, 1.165) is 32.1 Å². The summed E-state index contributed by atoms with van der Waals surface area (Å²) in [5.74, 6) is -0.000839. The van der Waals surface area contributed by atoms with Crippen LogP contribution < -0.4 is 0 Å². The minimum Gasteiger partial charge on any atom is -0.467 e. The number of hydrogen-bond acceptors (Lipinski definition) is 4. The molecular weight excluding hydrogens is 282 g/mol. The Balaban J connectivity index is 1.75. The Hall–Kier alpha value is -1.36. The van der Waals surface area contributed by atoms with Gasteiger partial charge in [0.25, 0.3) is 0 Å². The Bertz CT molecular complexity index is 475. The molecule has 5 heteroatoms. The molecule has 3 aliphatic rings. The standard InChI is InChI=1S/C17H25NO4/c1-11-8-9-14-13(10-15(22-14)17(20)21-2)18(11)16(19)12-6-4-3-5-7-12/h3-4,11-15H,5-10H2,1-2H3/t11-,12-,13+,14-,15-/m0/s1. The number of piperidine rings is 1. The maximum Gasteiger partial charge on any atom is 0.335 e. The van der Waals surface area contributed by atoms with E-state index in [1.165, 1.54) is 7.11 Å². The fourth-order valence-electron chi connectivity index (χ4n) is 4.05. The van der Waals surface area contributed by atoms with Gasteiger partial charge in [-0.1, -0.05) is 12.2 Å². The Kier molecular flexibility index (Phi) is 4.52. The molecule has 0 unspecified atom stereocenters. The summed E-state index contributed by atoms with van der Waals surface area (Å²) in [6.07, 6.45) is 8.87. The Morgan fingerprint density at radius 2 is 2.05 bits per heavy atom. The number of hydrogen-bond donors (Lipinski definition) is 0. The van der Waals surface area contributed by atoms with Crippen molar-refractivity contribution in [2.75, 3.05) is 7.11 Å². The van der Waals surface area contributed by atoms with E-state index in [1.807, 2.05) is 4.90 Å². The first-order chi connectivity index (χ1) is 10.6. The van der Waals surface area contributed by atoms with Crippen LogP contribution in [0.3, 0.4) is 0 Å². The molecule has 0 bridgehead atoms. The molecule has 122 valence electrons. The number of esters is 1. The number of methoxy groups -OCH3 is 1. The minimum absolute atomic E-state index is 0.0197. The van der Waals surface area contributed by atoms with E-state index in [-0.39, 0.29) is 36.0 Å². The van der Waals surface area contributed by atoms with Gasteiger partial charge in [-0.05, 0) is 39.0 Å². The number of fused-ring (bicyclic) bond motifs is 1. The van der Waals surface area contributed by atoms with E-state index < -0.39 is 6.10 Å². The van der Waals surface area contributed by atoms with E-state index in [1.54, 1.807) is 0 Å². The number of nitrogens with zero attached hydrogens (tertiary/aromatic N) is 1. The fourth-order valence-corrected chi connectivity index (χ4v) is 4.05. The highest BCUT2D eigenvalue weighted by molar-refractivity contribution is 5.81. The van der Waals surface area contributed by atoms with Crippen molar-refractivity contribution >= 4 is 11.9 Å². The van der Waals surface area contributed by atoms with Crippen LogP contribution >= 0.6 is 0 Å². The van der Waals surface area contributed by atoms with Crippen LogP contribution in [0.4, 0.5) is 0 Å². The summed E-state index contributed by atoms with van der Waals surface area (Å²) in [7, 11) is 1.38. The fraction of sp³-hybridized carbons (Fsp3) is 0.765. The summed E-state index contributed by atoms with van der Waals surface area (Å²) in [5.41, 5.74) is 0. The van der Waals surface area contributed by atoms with Crippen LogP contribution in [-0.2, 0) is 19.1 Å². The Morgan fingerprint density at radius 1 is 1.23 bits per heavy atom. The molecule has 0 aromatic rings. The second kappa shape index (κ2) is 6.41. The predicted molar refractivity (Wildman–Crippen MR) is 81.1 cm³/mol. The number of ether oxygens (including phenoxy) is 2. The molecule has 2 heterocycles. The highest BCUT2D eigenvalue weighted by atomic mass is 16.6. The molecule has 0 aromatic heterocycles. The molecule has 5 atom stereocenters. The average molecular weight is 307 g/mol. The smallest absolute Gasteiger partial charge is 0.335 e. The van der Waals surface area contributed by atoms with Gasteiger partial charge in [0, 0.05) is 18.4 Å². The molecule has 1 aliphatic carbocycles. The van der Waals surface area contributed by atoms with Crippen LogP contribution in [-0.4, -0.2) is 48.2 Å². The molecule has 2 saturated heterocycles. The number of allylic oxidation sites excluding steroid dienone is 2. The summed E-state index contributed by atoms with van der Waals surface area (Å²) in [5, 5.41) is 0. The van der Waals surface area contributed by atoms with Crippen molar-refractivity contribution < 1.29 is 19.1 Å². The van der Waals surface area contributed by atoms with Crippen LogP contribution in [0.1, 0.15) is 45.4 Å². The van der Waals surface area contributed by atoms with E-state index in [4.69, 9.17) is 9.47 Å². The summed E-state index contributed by atoms with van der Waals surface area (Å²) >= 11 is 0. The van der Waals surface area contributed by atoms with Gasteiger partial charge in [0.15, 0.2) is 6.10 Å². The third kappa shape index (κ3) is 2.78. The van der Waals surface area contributed by atoms with Gasteiger partial charge in [-0.15, -0.1) is 0 Å². The quantitative estimate of drug-likeness (QED) is 0.579. The van der Waals surface area contributed by atoms with E-state index >= 15 is 0 Å². The first-order valence-corrected chi connectivity index (χ1v) is 8.32. The van der Waals surface area contributed by atoms with Gasteiger partial charge in [0.05, 0.1) is 19.3 Å². The Morgan fingerprint density at radius 3 is 2.73 bits per heavy atom. The minimum atomic E-state index is -0.521. The normalized spacial score (nSPS) is 37.7. The number of carbonyl (C=O) groups is 2. The van der Waals surface area contributed by atoms with Gasteiger partial charge in [-0.3, -0.25) is 4.79 Å². The van der Waals surface area contributed by atoms with Gasteiger partial charge in [-0.2, -0.15) is 0 Å². The lowest BCUT2D eigenvalue weighted by molar-refractivity contribution is -0.154. The van der Waals surface area contributed by atoms with Crippen molar-refractivity contribution in [2.45, 2.75) is 69.7 Å². The van der Waals surface area contributed by atoms with Crippen LogP contribution in [0.25, 0.3) is 0 Å². The third-order valence-electron chi connectivity index (χ3n) is 5.26. The maximum absolute atomic E-state index is 13.0. The van der Waals surface area contributed by atoms with Crippen LogP contribution in [0.15, 0.2) is 12.2 Å². The first kappa shape index (κ1) is 15.5. The number of amides is 1.